The van der Waals surface area contributed by atoms with Crippen LogP contribution in [-0.4, -0.2) is 44.0 Å². The van der Waals surface area contributed by atoms with Gasteiger partial charge in [0.1, 0.15) is 0 Å². The van der Waals surface area contributed by atoms with Crippen LogP contribution in [0.4, 0.5) is 5.69 Å². The maximum absolute atomic E-state index is 13.1. The first-order chi connectivity index (χ1) is 13.5. The molecule has 0 unspecified atom stereocenters. The van der Waals surface area contributed by atoms with E-state index >= 15 is 0 Å². The van der Waals surface area contributed by atoms with Gasteiger partial charge in [0.25, 0.3) is 0 Å². The van der Waals surface area contributed by atoms with E-state index in [0.717, 1.165) is 35.1 Å². The topological polar surface area (TPSA) is 51.1 Å². The van der Waals surface area contributed by atoms with E-state index in [0.29, 0.717) is 17.1 Å². The Hall–Kier alpha value is -1.99. The average Bonchev–Trinajstić information content (AvgIpc) is 2.74. The second-order valence-corrected chi connectivity index (χ2v) is 7.73. The number of rotatable bonds is 6. The fraction of sp³-hybridized carbons (Fsp3) is 0.364. The van der Waals surface area contributed by atoms with Gasteiger partial charge in [-0.15, -0.1) is 17.0 Å². The van der Waals surface area contributed by atoms with Gasteiger partial charge in [-0.2, -0.15) is 0 Å². The minimum atomic E-state index is 0. The summed E-state index contributed by atoms with van der Waals surface area (Å²) in [6.07, 6.45) is 1.07. The van der Waals surface area contributed by atoms with Crippen molar-refractivity contribution < 1.29 is 14.3 Å². The number of aliphatic imine (C=N–C) groups is 1. The van der Waals surface area contributed by atoms with Gasteiger partial charge in [-0.25, -0.2) is 0 Å². The summed E-state index contributed by atoms with van der Waals surface area (Å²) in [7, 11) is 3.15. The summed E-state index contributed by atoms with van der Waals surface area (Å²) in [5, 5.41) is 0.911. The largest absolute Gasteiger partial charge is 0.493 e. The van der Waals surface area contributed by atoms with Gasteiger partial charge in [-0.1, -0.05) is 23.9 Å². The van der Waals surface area contributed by atoms with Crippen LogP contribution in [-0.2, 0) is 0 Å². The smallest absolute Gasteiger partial charge is 0.182 e. The normalized spacial score (nSPS) is 13.2. The van der Waals surface area contributed by atoms with Crippen LogP contribution >= 0.6 is 28.7 Å². The first-order valence-electron chi connectivity index (χ1n) is 9.31. The molecule has 2 aromatic rings. The van der Waals surface area contributed by atoms with E-state index in [1.54, 1.807) is 44.2 Å². The van der Waals surface area contributed by atoms with Gasteiger partial charge in [-0.05, 0) is 55.7 Å². The van der Waals surface area contributed by atoms with Crippen LogP contribution < -0.4 is 14.4 Å². The van der Waals surface area contributed by atoms with Crippen LogP contribution in [0.2, 0.25) is 0 Å². The number of benzene rings is 2. The summed E-state index contributed by atoms with van der Waals surface area (Å²) < 4.78 is 10.6. The SMILES string of the molecule is Br.COc1ccc(C(=O)CN(C2=NCCCS2)c2cccc(C)c2C)cc1OC. The highest BCUT2D eigenvalue weighted by atomic mass is 79.9. The lowest BCUT2D eigenvalue weighted by Crippen LogP contribution is -2.36. The Kier molecular flexibility index (Phi) is 8.59. The van der Waals surface area contributed by atoms with Gasteiger partial charge in [0.15, 0.2) is 22.4 Å². The second-order valence-electron chi connectivity index (χ2n) is 6.66. The number of ether oxygens (including phenoxy) is 2. The maximum atomic E-state index is 13.1. The molecule has 0 spiro atoms. The Morgan fingerprint density at radius 2 is 1.90 bits per heavy atom. The first kappa shape index (κ1) is 23.3. The lowest BCUT2D eigenvalue weighted by molar-refractivity contribution is 0.100. The van der Waals surface area contributed by atoms with Gasteiger partial charge in [0.05, 0.1) is 20.8 Å². The molecule has 0 saturated heterocycles. The van der Waals surface area contributed by atoms with Gasteiger partial charge in [0, 0.05) is 23.5 Å². The number of carbonyl (C=O) groups excluding carboxylic acids is 1. The van der Waals surface area contributed by atoms with E-state index in [2.05, 4.69) is 26.0 Å². The first-order valence-corrected chi connectivity index (χ1v) is 10.3. The number of amidine groups is 1. The van der Waals surface area contributed by atoms with Crippen LogP contribution in [0.15, 0.2) is 41.4 Å². The fourth-order valence-electron chi connectivity index (χ4n) is 3.14. The molecule has 29 heavy (non-hydrogen) atoms. The molecule has 7 heteroatoms. The van der Waals surface area contributed by atoms with Gasteiger partial charge >= 0.3 is 0 Å². The molecule has 0 aromatic heterocycles. The molecule has 0 N–H and O–H groups in total. The van der Waals surface area contributed by atoms with E-state index < -0.39 is 0 Å². The van der Waals surface area contributed by atoms with Crippen molar-refractivity contribution in [3.05, 3.63) is 53.1 Å². The lowest BCUT2D eigenvalue weighted by Gasteiger charge is -2.29. The van der Waals surface area contributed by atoms with Crippen molar-refractivity contribution >= 4 is 45.4 Å². The maximum Gasteiger partial charge on any atom is 0.182 e. The van der Waals surface area contributed by atoms with E-state index in [4.69, 9.17) is 14.5 Å². The Labute approximate surface area is 187 Å². The van der Waals surface area contributed by atoms with Crippen molar-refractivity contribution in [1.29, 1.82) is 0 Å². The summed E-state index contributed by atoms with van der Waals surface area (Å²) in [5.41, 5.74) is 3.98. The molecular formula is C22H27BrN2O3S. The summed E-state index contributed by atoms with van der Waals surface area (Å²) >= 11 is 1.71. The fourth-order valence-corrected chi connectivity index (χ4v) is 4.10. The van der Waals surface area contributed by atoms with Crippen LogP contribution in [0.25, 0.3) is 0 Å². The van der Waals surface area contributed by atoms with E-state index in [1.165, 1.54) is 5.56 Å². The molecule has 156 valence electrons. The van der Waals surface area contributed by atoms with Gasteiger partial charge < -0.3 is 14.4 Å². The molecule has 1 heterocycles. The van der Waals surface area contributed by atoms with Crippen LogP contribution in [0.3, 0.4) is 0 Å². The zero-order valence-corrected chi connectivity index (χ0v) is 19.8. The Bertz CT molecular complexity index is 902. The van der Waals surface area contributed by atoms with Gasteiger partial charge in [0.2, 0.25) is 0 Å². The van der Waals surface area contributed by atoms with Crippen molar-refractivity contribution in [3.8, 4) is 11.5 Å². The number of hydrogen-bond donors (Lipinski definition) is 0. The number of methoxy groups -OCH3 is 2. The molecule has 0 fully saturated rings. The standard InChI is InChI=1S/C22H26N2O3S.BrH/c1-15-7-5-8-18(16(15)2)24(22-23-11-6-12-28-22)14-19(25)17-9-10-20(26-3)21(13-17)27-4;/h5,7-10,13H,6,11-12,14H2,1-4H3;1H. The van der Waals surface area contributed by atoms with Gasteiger partial charge in [-0.3, -0.25) is 9.79 Å². The highest BCUT2D eigenvalue weighted by molar-refractivity contribution is 8.93. The molecular weight excluding hydrogens is 452 g/mol. The number of carbonyl (C=O) groups is 1. The molecule has 0 amide bonds. The molecule has 0 atom stereocenters. The third kappa shape index (κ3) is 5.34. The molecule has 3 rings (SSSR count). The van der Waals surface area contributed by atoms with Crippen LogP contribution in [0.1, 0.15) is 27.9 Å². The number of thioether (sulfide) groups is 1. The lowest BCUT2D eigenvalue weighted by atomic mass is 10.1. The number of aryl methyl sites for hydroxylation is 1. The van der Waals surface area contributed by atoms with Crippen molar-refractivity contribution in [2.75, 3.05) is 38.0 Å². The molecule has 1 aliphatic heterocycles. The molecule has 0 saturated carbocycles. The predicted molar refractivity (Wildman–Crippen MR) is 127 cm³/mol. The van der Waals surface area contributed by atoms with Crippen LogP contribution in [0.5, 0.6) is 11.5 Å². The zero-order valence-electron chi connectivity index (χ0n) is 17.2. The summed E-state index contributed by atoms with van der Waals surface area (Å²) in [4.78, 5) is 19.9. The molecule has 1 aliphatic rings. The minimum Gasteiger partial charge on any atom is -0.493 e. The minimum absolute atomic E-state index is 0. The quantitative estimate of drug-likeness (QED) is 0.541. The summed E-state index contributed by atoms with van der Waals surface area (Å²) in [6.45, 7) is 5.20. The third-order valence-corrected chi connectivity index (χ3v) is 5.99. The number of anilines is 1. The second kappa shape index (κ2) is 10.7. The van der Waals surface area contributed by atoms with Crippen molar-refractivity contribution in [3.63, 3.8) is 0 Å². The monoisotopic (exact) mass is 478 g/mol. The van der Waals surface area contributed by atoms with Crippen LogP contribution in [0, 0.1) is 13.8 Å². The Morgan fingerprint density at radius 3 is 2.55 bits per heavy atom. The van der Waals surface area contributed by atoms with E-state index in [-0.39, 0.29) is 29.3 Å². The van der Waals surface area contributed by atoms with Crippen molar-refractivity contribution in [2.24, 2.45) is 4.99 Å². The van der Waals surface area contributed by atoms with Crippen molar-refractivity contribution in [1.82, 2.24) is 0 Å². The molecule has 5 nitrogen and oxygen atoms in total. The number of hydrogen-bond acceptors (Lipinski definition) is 6. The summed E-state index contributed by atoms with van der Waals surface area (Å²) in [6, 6.07) is 11.4. The molecule has 0 bridgehead atoms. The number of halogens is 1. The average molecular weight is 479 g/mol. The number of Topliss-reactive ketones (excluding diaryl/α,β-unsaturated/α-hetero) is 1. The number of ketones is 1. The Balaban J connectivity index is 0.00000300. The predicted octanol–water partition coefficient (Wildman–Crippen LogP) is 5.08. The highest BCUT2D eigenvalue weighted by Crippen LogP contribution is 2.30. The van der Waals surface area contributed by atoms with Crippen molar-refractivity contribution in [2.45, 2.75) is 20.3 Å². The summed E-state index contributed by atoms with van der Waals surface area (Å²) in [5.74, 6) is 2.19. The highest BCUT2D eigenvalue weighted by Gasteiger charge is 2.23. The van der Waals surface area contributed by atoms with E-state index in [1.807, 2.05) is 11.0 Å². The van der Waals surface area contributed by atoms with E-state index in [9.17, 15) is 4.79 Å². The third-order valence-electron chi connectivity index (χ3n) is 4.89. The molecule has 2 aromatic carbocycles. The number of nitrogens with zero attached hydrogens (tertiary/aromatic N) is 2. The molecule has 0 aliphatic carbocycles. The zero-order chi connectivity index (χ0) is 20.1. The molecule has 0 radical (unpaired) electrons. The Morgan fingerprint density at radius 1 is 1.14 bits per heavy atom.